The fraction of sp³-hybridized carbons (Fsp3) is 0.0714. The Morgan fingerprint density at radius 1 is 1.10 bits per heavy atom. The first-order chi connectivity index (χ1) is 9.99. The van der Waals surface area contributed by atoms with Crippen LogP contribution in [0, 0.1) is 5.82 Å². The summed E-state index contributed by atoms with van der Waals surface area (Å²) in [5.41, 5.74) is 3.74. The van der Waals surface area contributed by atoms with Crippen LogP contribution in [-0.4, -0.2) is 16.4 Å². The van der Waals surface area contributed by atoms with Gasteiger partial charge < -0.3 is 4.57 Å². The second kappa shape index (κ2) is 6.00. The highest BCUT2D eigenvalue weighted by molar-refractivity contribution is 5.99. The van der Waals surface area contributed by atoms with Crippen molar-refractivity contribution in [2.45, 2.75) is 0 Å². The van der Waals surface area contributed by atoms with Crippen molar-refractivity contribution in [3.8, 4) is 0 Å². The molecule has 7 heteroatoms. The predicted octanol–water partition coefficient (Wildman–Crippen LogP) is 0.599. The van der Waals surface area contributed by atoms with Gasteiger partial charge in [0.2, 0.25) is 0 Å². The largest absolute Gasteiger partial charge is 0.319 e. The van der Waals surface area contributed by atoms with Gasteiger partial charge in [0.15, 0.2) is 0 Å². The van der Waals surface area contributed by atoms with E-state index in [9.17, 15) is 18.8 Å². The second-order valence-electron chi connectivity index (χ2n) is 4.25. The minimum absolute atomic E-state index is 0.0898. The zero-order valence-corrected chi connectivity index (χ0v) is 11.1. The van der Waals surface area contributed by atoms with Gasteiger partial charge in [0.1, 0.15) is 5.82 Å². The molecule has 0 aliphatic carbocycles. The molecule has 1 aromatic carbocycles. The lowest BCUT2D eigenvalue weighted by Crippen LogP contribution is -2.42. The van der Waals surface area contributed by atoms with Gasteiger partial charge in [-0.25, -0.2) is 4.39 Å². The van der Waals surface area contributed by atoms with Crippen molar-refractivity contribution in [1.29, 1.82) is 0 Å². The Balaban J connectivity index is 2.04. The third-order valence-corrected chi connectivity index (χ3v) is 2.77. The quantitative estimate of drug-likeness (QED) is 0.794. The Bertz CT molecular complexity index is 755. The lowest BCUT2D eigenvalue weighted by molar-refractivity contribution is 0.0844. The summed E-state index contributed by atoms with van der Waals surface area (Å²) in [5.74, 6) is -2.15. The Morgan fingerprint density at radius 3 is 2.43 bits per heavy atom. The number of aromatic nitrogens is 1. The molecule has 108 valence electrons. The minimum atomic E-state index is -0.787. The number of aryl methyl sites for hydroxylation is 1. The number of nitrogens with zero attached hydrogens (tertiary/aromatic N) is 1. The van der Waals surface area contributed by atoms with Crippen LogP contribution in [0.15, 0.2) is 47.4 Å². The van der Waals surface area contributed by atoms with Crippen molar-refractivity contribution in [2.24, 2.45) is 7.05 Å². The molecule has 1 heterocycles. The van der Waals surface area contributed by atoms with E-state index in [2.05, 4.69) is 10.9 Å². The number of amides is 2. The first-order valence-corrected chi connectivity index (χ1v) is 6.01. The summed E-state index contributed by atoms with van der Waals surface area (Å²) in [7, 11) is 1.55. The number of carbonyl (C=O) groups excluding carboxylic acids is 2. The zero-order valence-electron chi connectivity index (χ0n) is 11.1. The van der Waals surface area contributed by atoms with Gasteiger partial charge >= 0.3 is 0 Å². The molecule has 2 aromatic rings. The fourth-order valence-corrected chi connectivity index (χ4v) is 1.59. The van der Waals surface area contributed by atoms with Crippen LogP contribution >= 0.6 is 0 Å². The number of carbonyl (C=O) groups is 2. The van der Waals surface area contributed by atoms with Gasteiger partial charge in [-0.2, -0.15) is 0 Å². The molecule has 0 saturated carbocycles. The minimum Gasteiger partial charge on any atom is -0.319 e. The summed E-state index contributed by atoms with van der Waals surface area (Å²) in [6, 6.07) is 7.93. The molecule has 0 saturated heterocycles. The lowest BCUT2D eigenvalue weighted by atomic mass is 10.2. The van der Waals surface area contributed by atoms with Crippen LogP contribution in [0.3, 0.4) is 0 Å². The molecule has 0 fully saturated rings. The highest BCUT2D eigenvalue weighted by Crippen LogP contribution is 2.05. The molecule has 6 nitrogen and oxygen atoms in total. The molecule has 0 aliphatic heterocycles. The zero-order chi connectivity index (χ0) is 15.4. The van der Waals surface area contributed by atoms with Crippen molar-refractivity contribution >= 4 is 11.8 Å². The molecule has 0 unspecified atom stereocenters. The van der Waals surface area contributed by atoms with Gasteiger partial charge in [0.05, 0.1) is 5.56 Å². The van der Waals surface area contributed by atoms with Crippen LogP contribution in [0.25, 0.3) is 0 Å². The average molecular weight is 289 g/mol. The van der Waals surface area contributed by atoms with Gasteiger partial charge in [0.25, 0.3) is 17.4 Å². The molecule has 21 heavy (non-hydrogen) atoms. The maximum absolute atomic E-state index is 13.4. The number of benzene rings is 1. The van der Waals surface area contributed by atoms with Crippen molar-refractivity contribution in [3.63, 3.8) is 0 Å². The number of nitrogens with one attached hydrogen (secondary N) is 2. The van der Waals surface area contributed by atoms with Crippen LogP contribution < -0.4 is 16.4 Å². The molecule has 0 radical (unpaired) electrons. The number of hydrazine groups is 1. The van der Waals surface area contributed by atoms with E-state index in [-0.39, 0.29) is 16.7 Å². The first kappa shape index (κ1) is 14.4. The molecule has 0 spiro atoms. The van der Waals surface area contributed by atoms with E-state index in [0.717, 1.165) is 12.1 Å². The summed E-state index contributed by atoms with van der Waals surface area (Å²) >= 11 is 0. The van der Waals surface area contributed by atoms with E-state index in [1.165, 1.54) is 35.0 Å². The highest BCUT2D eigenvalue weighted by Gasteiger charge is 2.12. The van der Waals surface area contributed by atoms with Crippen LogP contribution in [-0.2, 0) is 7.05 Å². The Morgan fingerprint density at radius 2 is 1.76 bits per heavy atom. The molecule has 2 amide bonds. The van der Waals surface area contributed by atoms with Crippen LogP contribution in [0.1, 0.15) is 20.7 Å². The first-order valence-electron chi connectivity index (χ1n) is 6.01. The average Bonchev–Trinajstić information content (AvgIpc) is 2.47. The van der Waals surface area contributed by atoms with Gasteiger partial charge in [-0.15, -0.1) is 0 Å². The highest BCUT2D eigenvalue weighted by atomic mass is 19.1. The topological polar surface area (TPSA) is 80.2 Å². The van der Waals surface area contributed by atoms with Crippen molar-refractivity contribution in [2.75, 3.05) is 0 Å². The third-order valence-electron chi connectivity index (χ3n) is 2.77. The molecule has 2 rings (SSSR count). The molecule has 0 atom stereocenters. The van der Waals surface area contributed by atoms with Crippen LogP contribution in [0.5, 0.6) is 0 Å². The van der Waals surface area contributed by atoms with Gasteiger partial charge in [-0.05, 0) is 18.2 Å². The van der Waals surface area contributed by atoms with E-state index in [1.807, 2.05) is 0 Å². The molecular weight excluding hydrogens is 277 g/mol. The van der Waals surface area contributed by atoms with Gasteiger partial charge in [-0.1, -0.05) is 12.1 Å². The number of rotatable bonds is 2. The number of hydrogen-bond acceptors (Lipinski definition) is 3. The summed E-state index contributed by atoms with van der Waals surface area (Å²) in [6.45, 7) is 0. The molecule has 0 bridgehead atoms. The van der Waals surface area contributed by atoms with E-state index in [4.69, 9.17) is 0 Å². The molecule has 0 aliphatic rings. The molecule has 2 N–H and O–H groups in total. The standard InChI is InChI=1S/C14H12FN3O3/c1-18-7-6-9(8-12(18)19)13(20)16-17-14(21)10-4-2-3-5-11(10)15/h2-8H,1H3,(H,16,20)(H,17,21). The van der Waals surface area contributed by atoms with E-state index >= 15 is 0 Å². The lowest BCUT2D eigenvalue weighted by Gasteiger charge is -2.08. The van der Waals surface area contributed by atoms with E-state index < -0.39 is 17.6 Å². The predicted molar refractivity (Wildman–Crippen MR) is 73.0 cm³/mol. The summed E-state index contributed by atoms with van der Waals surface area (Å²) in [4.78, 5) is 34.8. The summed E-state index contributed by atoms with van der Waals surface area (Å²) in [5, 5.41) is 0. The molecule has 1 aromatic heterocycles. The third kappa shape index (κ3) is 3.33. The van der Waals surface area contributed by atoms with Crippen molar-refractivity contribution in [1.82, 2.24) is 15.4 Å². The normalized spacial score (nSPS) is 10.0. The number of pyridine rings is 1. The fourth-order valence-electron chi connectivity index (χ4n) is 1.59. The van der Waals surface area contributed by atoms with Crippen molar-refractivity contribution < 1.29 is 14.0 Å². The number of hydrogen-bond donors (Lipinski definition) is 2. The number of halogens is 1. The van der Waals surface area contributed by atoms with Gasteiger partial charge in [-0.3, -0.25) is 25.2 Å². The Hall–Kier alpha value is -2.96. The summed E-state index contributed by atoms with van der Waals surface area (Å²) < 4.78 is 14.7. The van der Waals surface area contributed by atoms with E-state index in [1.54, 1.807) is 7.05 Å². The monoisotopic (exact) mass is 289 g/mol. The van der Waals surface area contributed by atoms with Gasteiger partial charge in [0, 0.05) is 24.9 Å². The maximum Gasteiger partial charge on any atom is 0.272 e. The second-order valence-corrected chi connectivity index (χ2v) is 4.25. The molecular formula is C14H12FN3O3. The SMILES string of the molecule is Cn1ccc(C(=O)NNC(=O)c2ccccc2F)cc1=O. The van der Waals surface area contributed by atoms with E-state index in [0.29, 0.717) is 0 Å². The summed E-state index contributed by atoms with van der Waals surface area (Å²) in [6.07, 6.45) is 1.43. The Labute approximate surface area is 119 Å². The van der Waals surface area contributed by atoms with Crippen LogP contribution in [0.4, 0.5) is 4.39 Å². The smallest absolute Gasteiger partial charge is 0.272 e. The van der Waals surface area contributed by atoms with Crippen LogP contribution in [0.2, 0.25) is 0 Å². The van der Waals surface area contributed by atoms with Crippen molar-refractivity contribution in [3.05, 3.63) is 69.9 Å². The maximum atomic E-state index is 13.4. The Kier molecular flexibility index (Phi) is 4.13.